The molecule has 1 atom stereocenters. The van der Waals surface area contributed by atoms with E-state index < -0.39 is 0 Å². The van der Waals surface area contributed by atoms with Crippen LogP contribution in [0.2, 0.25) is 0 Å². The summed E-state index contributed by atoms with van der Waals surface area (Å²) in [6, 6.07) is 10.3. The second-order valence-corrected chi connectivity index (χ2v) is 4.48. The molecule has 0 saturated heterocycles. The van der Waals surface area contributed by atoms with E-state index in [-0.39, 0.29) is 5.92 Å². The number of halogens is 1. The van der Waals surface area contributed by atoms with Gasteiger partial charge in [0.1, 0.15) is 5.78 Å². The molecule has 2 aromatic rings. The van der Waals surface area contributed by atoms with E-state index in [0.29, 0.717) is 11.7 Å². The Kier molecular flexibility index (Phi) is 3.75. The number of carbonyl (C=O) groups is 1. The lowest BCUT2D eigenvalue weighted by molar-refractivity contribution is -0.110. The number of ketones is 1. The van der Waals surface area contributed by atoms with Crippen molar-refractivity contribution < 1.29 is 4.79 Å². The number of aryl methyl sites for hydroxylation is 1. The van der Waals surface area contributed by atoms with Crippen molar-refractivity contribution in [2.75, 3.05) is 5.88 Å². The molecule has 1 aliphatic carbocycles. The van der Waals surface area contributed by atoms with Gasteiger partial charge < -0.3 is 0 Å². The van der Waals surface area contributed by atoms with E-state index in [2.05, 4.69) is 36.2 Å². The Morgan fingerprint density at radius 3 is 2.59 bits per heavy atom. The van der Waals surface area contributed by atoms with Crippen molar-refractivity contribution in [1.29, 1.82) is 0 Å². The zero-order chi connectivity index (χ0) is 12.3. The van der Waals surface area contributed by atoms with Crippen LogP contribution < -0.4 is 0 Å². The highest BCUT2D eigenvalue weighted by atomic mass is 35.5. The molecule has 0 amide bonds. The molecule has 2 nitrogen and oxygen atoms in total. The normalized spacial score (nSPS) is 17.5. The highest BCUT2D eigenvalue weighted by Crippen LogP contribution is 2.24. The number of hydrogen-bond acceptors (Lipinski definition) is 2. The minimum absolute atomic E-state index is 0.228. The summed E-state index contributed by atoms with van der Waals surface area (Å²) in [5.41, 5.74) is 2.35. The van der Waals surface area contributed by atoms with Gasteiger partial charge >= 0.3 is 0 Å². The number of rotatable bonds is 1. The maximum Gasteiger partial charge on any atom is 0.138 e. The molecule has 3 heteroatoms. The first-order valence-electron chi connectivity index (χ1n) is 5.61. The molecule has 1 heterocycles. The van der Waals surface area contributed by atoms with Crippen molar-refractivity contribution in [3.8, 4) is 0 Å². The van der Waals surface area contributed by atoms with Gasteiger partial charge in [-0.2, -0.15) is 0 Å². The maximum absolute atomic E-state index is 10.0. The highest BCUT2D eigenvalue weighted by Gasteiger charge is 2.32. The Labute approximate surface area is 106 Å². The van der Waals surface area contributed by atoms with Gasteiger partial charge in [0.15, 0.2) is 0 Å². The zero-order valence-corrected chi connectivity index (χ0v) is 10.4. The molecule has 0 aliphatic heterocycles. The van der Waals surface area contributed by atoms with Crippen LogP contribution in [0.4, 0.5) is 0 Å². The summed E-state index contributed by atoms with van der Waals surface area (Å²) >= 11 is 5.27. The van der Waals surface area contributed by atoms with Crippen LogP contribution in [-0.4, -0.2) is 16.6 Å². The molecular formula is C14H14ClNO. The zero-order valence-electron chi connectivity index (χ0n) is 9.69. The Morgan fingerprint density at radius 2 is 2.06 bits per heavy atom. The van der Waals surface area contributed by atoms with Crippen LogP contribution in [0, 0.1) is 12.8 Å². The first-order valence-corrected chi connectivity index (χ1v) is 6.15. The van der Waals surface area contributed by atoms with Gasteiger partial charge in [-0.1, -0.05) is 24.3 Å². The van der Waals surface area contributed by atoms with Crippen LogP contribution in [0.3, 0.4) is 0 Å². The lowest BCUT2D eigenvalue weighted by atomic mass is 10.1. The molecule has 88 valence electrons. The first kappa shape index (κ1) is 12.1. The second kappa shape index (κ2) is 5.28. The molecule has 0 bridgehead atoms. The lowest BCUT2D eigenvalue weighted by Gasteiger charge is -1.97. The number of benzene rings is 1. The van der Waals surface area contributed by atoms with Gasteiger partial charge in [-0.05, 0) is 18.6 Å². The van der Waals surface area contributed by atoms with Gasteiger partial charge in [0.2, 0.25) is 0 Å². The lowest BCUT2D eigenvalue weighted by Crippen LogP contribution is -1.80. The van der Waals surface area contributed by atoms with Crippen LogP contribution >= 0.6 is 11.6 Å². The van der Waals surface area contributed by atoms with E-state index >= 15 is 0 Å². The smallest absolute Gasteiger partial charge is 0.138 e. The second-order valence-electron chi connectivity index (χ2n) is 4.17. The van der Waals surface area contributed by atoms with Crippen molar-refractivity contribution >= 4 is 28.3 Å². The van der Waals surface area contributed by atoms with Crippen molar-refractivity contribution in [3.05, 3.63) is 42.1 Å². The van der Waals surface area contributed by atoms with Crippen LogP contribution in [-0.2, 0) is 4.79 Å². The minimum atomic E-state index is 0.228. The monoisotopic (exact) mass is 247 g/mol. The number of nitrogens with zero attached hydrogens (tertiary/aromatic N) is 1. The molecule has 0 radical (unpaired) electrons. The molecule has 3 rings (SSSR count). The van der Waals surface area contributed by atoms with E-state index in [1.807, 2.05) is 12.3 Å². The molecule has 0 N–H and O–H groups in total. The van der Waals surface area contributed by atoms with Crippen molar-refractivity contribution in [1.82, 2.24) is 4.98 Å². The summed E-state index contributed by atoms with van der Waals surface area (Å²) in [7, 11) is 0. The van der Waals surface area contributed by atoms with Gasteiger partial charge in [0.05, 0.1) is 5.52 Å². The van der Waals surface area contributed by atoms with Crippen LogP contribution in [0.1, 0.15) is 12.0 Å². The summed E-state index contributed by atoms with van der Waals surface area (Å²) in [5.74, 6) is 1.08. The fourth-order valence-electron chi connectivity index (χ4n) is 1.58. The van der Waals surface area contributed by atoms with E-state index in [1.165, 1.54) is 10.9 Å². The number of aromatic nitrogens is 1. The quantitative estimate of drug-likeness (QED) is 0.724. The molecule has 1 aromatic carbocycles. The van der Waals surface area contributed by atoms with E-state index in [1.54, 1.807) is 0 Å². The minimum Gasteiger partial charge on any atom is -0.299 e. The molecule has 1 aromatic heterocycles. The highest BCUT2D eigenvalue weighted by molar-refractivity contribution is 6.21. The standard InChI is InChI=1S/C10H9N.C4H5ClO/c1-8-4-2-5-9-6-3-7-11-10(8)9;5-2-3-1-4(3)6/h2-7H,1H3;3H,1-2H2. The number of para-hydroxylation sites is 1. The fraction of sp³-hybridized carbons (Fsp3) is 0.286. The fourth-order valence-corrected chi connectivity index (χ4v) is 1.86. The van der Waals surface area contributed by atoms with Gasteiger partial charge in [0.25, 0.3) is 0 Å². The summed E-state index contributed by atoms with van der Waals surface area (Å²) < 4.78 is 0. The Morgan fingerprint density at radius 1 is 1.35 bits per heavy atom. The van der Waals surface area contributed by atoms with Crippen molar-refractivity contribution in [3.63, 3.8) is 0 Å². The molecular weight excluding hydrogens is 234 g/mol. The van der Waals surface area contributed by atoms with Gasteiger partial charge in [-0.3, -0.25) is 9.78 Å². The summed E-state index contributed by atoms with van der Waals surface area (Å²) in [5, 5.41) is 1.22. The van der Waals surface area contributed by atoms with Gasteiger partial charge in [-0.15, -0.1) is 11.6 Å². The summed E-state index contributed by atoms with van der Waals surface area (Å²) in [4.78, 5) is 14.3. The number of alkyl halides is 1. The molecule has 1 saturated carbocycles. The molecule has 1 fully saturated rings. The maximum atomic E-state index is 10.0. The van der Waals surface area contributed by atoms with E-state index in [0.717, 1.165) is 11.9 Å². The Bertz CT molecular complexity index is 533. The third-order valence-corrected chi connectivity index (χ3v) is 3.14. The third kappa shape index (κ3) is 3.04. The summed E-state index contributed by atoms with van der Waals surface area (Å²) in [6.07, 6.45) is 2.55. The van der Waals surface area contributed by atoms with Gasteiger partial charge in [-0.25, -0.2) is 0 Å². The van der Waals surface area contributed by atoms with Gasteiger partial charge in [0, 0.05) is 29.8 Å². The van der Waals surface area contributed by atoms with E-state index in [4.69, 9.17) is 11.6 Å². The molecule has 1 unspecified atom stereocenters. The van der Waals surface area contributed by atoms with Crippen molar-refractivity contribution in [2.24, 2.45) is 5.92 Å². The SMILES string of the molecule is Cc1cccc2cccnc12.O=C1CC1CCl. The number of pyridine rings is 1. The summed E-state index contributed by atoms with van der Waals surface area (Å²) in [6.45, 7) is 2.08. The largest absolute Gasteiger partial charge is 0.299 e. The predicted molar refractivity (Wildman–Crippen MR) is 70.3 cm³/mol. The number of carbonyl (C=O) groups excluding carboxylic acids is 1. The third-order valence-electron chi connectivity index (χ3n) is 2.76. The number of hydrogen-bond donors (Lipinski definition) is 0. The van der Waals surface area contributed by atoms with Crippen LogP contribution in [0.25, 0.3) is 10.9 Å². The predicted octanol–water partition coefficient (Wildman–Crippen LogP) is 3.36. The molecule has 0 spiro atoms. The van der Waals surface area contributed by atoms with Crippen LogP contribution in [0.5, 0.6) is 0 Å². The van der Waals surface area contributed by atoms with E-state index in [9.17, 15) is 4.79 Å². The average Bonchev–Trinajstić information content (AvgIpc) is 3.07. The number of fused-ring (bicyclic) bond motifs is 1. The number of Topliss-reactive ketones (excluding diaryl/α,β-unsaturated/α-hetero) is 1. The van der Waals surface area contributed by atoms with Crippen LogP contribution in [0.15, 0.2) is 36.5 Å². The molecule has 1 aliphatic rings. The topological polar surface area (TPSA) is 30.0 Å². The molecule has 17 heavy (non-hydrogen) atoms. The average molecular weight is 248 g/mol. The van der Waals surface area contributed by atoms with Crippen molar-refractivity contribution in [2.45, 2.75) is 13.3 Å². The Balaban J connectivity index is 0.000000153. The Hall–Kier alpha value is -1.41. The first-order chi connectivity index (χ1) is 8.22.